The van der Waals surface area contributed by atoms with Crippen molar-refractivity contribution in [2.24, 2.45) is 4.99 Å². The Morgan fingerprint density at radius 3 is 2.62 bits per heavy atom. The lowest BCUT2D eigenvalue weighted by atomic mass is 10.0. The maximum absolute atomic E-state index is 6.39. The van der Waals surface area contributed by atoms with E-state index in [2.05, 4.69) is 47.4 Å². The molecule has 0 aliphatic rings. The zero-order chi connectivity index (χ0) is 15.1. The summed E-state index contributed by atoms with van der Waals surface area (Å²) in [4.78, 5) is 3.76. The summed E-state index contributed by atoms with van der Waals surface area (Å²) in [5.41, 5.74) is 1.95. The predicted molar refractivity (Wildman–Crippen MR) is 93.6 cm³/mol. The van der Waals surface area contributed by atoms with Crippen LogP contribution in [0.4, 0.5) is 0 Å². The fourth-order valence-corrected chi connectivity index (χ4v) is 2.28. The fraction of sp³-hybridized carbons (Fsp3) is 0.0556. The molecule has 2 rings (SSSR count). The Morgan fingerprint density at radius 1 is 1.14 bits per heavy atom. The molecule has 2 nitrogen and oxygen atoms in total. The number of allylic oxidation sites excluding steroid dienone is 4. The lowest BCUT2D eigenvalue weighted by molar-refractivity contribution is 1.10. The number of hydrogen-bond acceptors (Lipinski definition) is 2. The van der Waals surface area contributed by atoms with Gasteiger partial charge < -0.3 is 5.32 Å². The van der Waals surface area contributed by atoms with Crippen molar-refractivity contribution in [1.29, 1.82) is 0 Å². The first kappa shape index (κ1) is 15.1. The van der Waals surface area contributed by atoms with Gasteiger partial charge in [0, 0.05) is 23.9 Å². The van der Waals surface area contributed by atoms with Crippen LogP contribution in [0.2, 0.25) is 0 Å². The number of halogens is 1. The standard InChI is InChI=1S/C18H17ClN2/c1-20-11-9-17(18(19)10-12-21-2)16-8-7-14-5-3-4-6-15(14)13-16/h3-13,21H,1H2,2H3/b11-9+,12-10+,18-17-. The molecular weight excluding hydrogens is 280 g/mol. The SMILES string of the molecule is C=N/C=C/C(=C(Cl)\C=C\NC)c1ccc2ccccc2c1. The molecule has 0 bridgehead atoms. The third-order valence-electron chi connectivity index (χ3n) is 3.06. The van der Waals surface area contributed by atoms with Crippen LogP contribution >= 0.6 is 11.6 Å². The van der Waals surface area contributed by atoms with Gasteiger partial charge in [0.25, 0.3) is 0 Å². The van der Waals surface area contributed by atoms with Crippen LogP contribution in [0.15, 0.2) is 77.0 Å². The second kappa shape index (κ2) is 7.46. The summed E-state index contributed by atoms with van der Waals surface area (Å²) in [6.45, 7) is 3.46. The molecule has 3 heteroatoms. The van der Waals surface area contributed by atoms with E-state index < -0.39 is 0 Å². The lowest BCUT2D eigenvalue weighted by Gasteiger charge is -2.07. The molecule has 2 aromatic rings. The van der Waals surface area contributed by atoms with Crippen molar-refractivity contribution in [1.82, 2.24) is 5.32 Å². The number of rotatable bonds is 5. The Kier molecular flexibility index (Phi) is 5.35. The third-order valence-corrected chi connectivity index (χ3v) is 3.39. The van der Waals surface area contributed by atoms with Crippen molar-refractivity contribution in [3.8, 4) is 0 Å². The van der Waals surface area contributed by atoms with E-state index in [1.807, 2.05) is 31.3 Å². The van der Waals surface area contributed by atoms with Crippen LogP contribution in [-0.4, -0.2) is 13.8 Å². The molecule has 106 valence electrons. The maximum atomic E-state index is 6.39. The second-order valence-electron chi connectivity index (χ2n) is 4.44. The van der Waals surface area contributed by atoms with Crippen LogP contribution in [0.25, 0.3) is 16.3 Å². The Hall–Kier alpha value is -2.32. The van der Waals surface area contributed by atoms with Gasteiger partial charge in [-0.2, -0.15) is 0 Å². The molecule has 0 fully saturated rings. The minimum atomic E-state index is 0.638. The minimum absolute atomic E-state index is 0.638. The Bertz CT molecular complexity index is 727. The van der Waals surface area contributed by atoms with Gasteiger partial charge in [0.15, 0.2) is 0 Å². The smallest absolute Gasteiger partial charge is 0.0499 e. The van der Waals surface area contributed by atoms with Gasteiger partial charge in [0.2, 0.25) is 0 Å². The van der Waals surface area contributed by atoms with Gasteiger partial charge in [0.05, 0.1) is 0 Å². The van der Waals surface area contributed by atoms with Gasteiger partial charge in [0.1, 0.15) is 0 Å². The van der Waals surface area contributed by atoms with E-state index in [0.717, 1.165) is 11.1 Å². The first-order valence-electron chi connectivity index (χ1n) is 6.61. The van der Waals surface area contributed by atoms with Gasteiger partial charge in [-0.1, -0.05) is 48.0 Å². The van der Waals surface area contributed by atoms with E-state index in [-0.39, 0.29) is 0 Å². The summed E-state index contributed by atoms with van der Waals surface area (Å²) in [6.07, 6.45) is 7.11. The molecule has 0 aromatic heterocycles. The molecule has 0 unspecified atom stereocenters. The van der Waals surface area contributed by atoms with Gasteiger partial charge in [-0.05, 0) is 47.5 Å². The molecule has 0 radical (unpaired) electrons. The Labute approximate surface area is 130 Å². The molecule has 0 heterocycles. The molecule has 0 aliphatic carbocycles. The monoisotopic (exact) mass is 296 g/mol. The second-order valence-corrected chi connectivity index (χ2v) is 4.85. The van der Waals surface area contributed by atoms with Crippen molar-refractivity contribution in [2.45, 2.75) is 0 Å². The topological polar surface area (TPSA) is 24.4 Å². The number of fused-ring (bicyclic) bond motifs is 1. The summed E-state index contributed by atoms with van der Waals surface area (Å²) in [6, 6.07) is 14.5. The van der Waals surface area contributed by atoms with Gasteiger partial charge in [-0.15, -0.1) is 0 Å². The number of benzene rings is 2. The number of nitrogens with zero attached hydrogens (tertiary/aromatic N) is 1. The Morgan fingerprint density at radius 2 is 1.90 bits per heavy atom. The van der Waals surface area contributed by atoms with E-state index in [0.29, 0.717) is 5.03 Å². The molecule has 0 aliphatic heterocycles. The summed E-state index contributed by atoms with van der Waals surface area (Å²) in [5.74, 6) is 0. The number of hydrogen-bond donors (Lipinski definition) is 1. The molecule has 0 amide bonds. The highest BCUT2D eigenvalue weighted by molar-refractivity contribution is 6.35. The summed E-state index contributed by atoms with van der Waals surface area (Å²) < 4.78 is 0. The summed E-state index contributed by atoms with van der Waals surface area (Å²) >= 11 is 6.39. The van der Waals surface area contributed by atoms with Crippen LogP contribution in [0, 0.1) is 0 Å². The van der Waals surface area contributed by atoms with Crippen molar-refractivity contribution in [3.05, 3.63) is 77.6 Å². The summed E-state index contributed by atoms with van der Waals surface area (Å²) in [5, 5.41) is 5.95. The van der Waals surface area contributed by atoms with E-state index in [1.54, 1.807) is 12.4 Å². The number of aliphatic imine (C=N–C) groups is 1. The van der Waals surface area contributed by atoms with E-state index in [9.17, 15) is 0 Å². The largest absolute Gasteiger partial charge is 0.394 e. The molecule has 0 saturated heterocycles. The number of nitrogens with one attached hydrogen (secondary N) is 1. The van der Waals surface area contributed by atoms with Crippen LogP contribution in [-0.2, 0) is 0 Å². The average molecular weight is 297 g/mol. The molecule has 2 aromatic carbocycles. The third kappa shape index (κ3) is 3.83. The van der Waals surface area contributed by atoms with Crippen LogP contribution < -0.4 is 5.32 Å². The van der Waals surface area contributed by atoms with Crippen LogP contribution in [0.3, 0.4) is 0 Å². The van der Waals surface area contributed by atoms with Crippen molar-refractivity contribution in [2.75, 3.05) is 7.05 Å². The van der Waals surface area contributed by atoms with Crippen molar-refractivity contribution < 1.29 is 0 Å². The highest BCUT2D eigenvalue weighted by atomic mass is 35.5. The molecule has 0 spiro atoms. The zero-order valence-electron chi connectivity index (χ0n) is 11.9. The first-order chi connectivity index (χ1) is 10.3. The van der Waals surface area contributed by atoms with E-state index in [1.165, 1.54) is 10.8 Å². The van der Waals surface area contributed by atoms with Gasteiger partial charge >= 0.3 is 0 Å². The van der Waals surface area contributed by atoms with Gasteiger partial charge in [-0.25, -0.2) is 0 Å². The highest BCUT2D eigenvalue weighted by Crippen LogP contribution is 2.27. The first-order valence-corrected chi connectivity index (χ1v) is 6.99. The maximum Gasteiger partial charge on any atom is 0.0499 e. The highest BCUT2D eigenvalue weighted by Gasteiger charge is 2.04. The molecular formula is C18H17ClN2. The average Bonchev–Trinajstić information content (AvgIpc) is 2.53. The normalized spacial score (nSPS) is 12.9. The van der Waals surface area contributed by atoms with Crippen LogP contribution in [0.1, 0.15) is 5.56 Å². The van der Waals surface area contributed by atoms with E-state index >= 15 is 0 Å². The quantitative estimate of drug-likeness (QED) is 0.625. The molecule has 0 atom stereocenters. The lowest BCUT2D eigenvalue weighted by Crippen LogP contribution is -1.91. The van der Waals surface area contributed by atoms with Gasteiger partial charge in [-0.3, -0.25) is 4.99 Å². The molecule has 0 saturated carbocycles. The van der Waals surface area contributed by atoms with Crippen molar-refractivity contribution >= 4 is 34.7 Å². The van der Waals surface area contributed by atoms with Crippen LogP contribution in [0.5, 0.6) is 0 Å². The fourth-order valence-electron chi connectivity index (χ4n) is 2.04. The Balaban J connectivity index is 2.55. The van der Waals surface area contributed by atoms with E-state index in [4.69, 9.17) is 11.6 Å². The summed E-state index contributed by atoms with van der Waals surface area (Å²) in [7, 11) is 1.83. The predicted octanol–water partition coefficient (Wildman–Crippen LogP) is 4.74. The zero-order valence-corrected chi connectivity index (χ0v) is 12.6. The molecule has 1 N–H and O–H groups in total. The minimum Gasteiger partial charge on any atom is -0.394 e. The molecule has 21 heavy (non-hydrogen) atoms. The van der Waals surface area contributed by atoms with Crippen molar-refractivity contribution in [3.63, 3.8) is 0 Å².